The number of ether oxygens (including phenoxy) is 1. The number of carbonyl (C=O) groups excluding carboxylic acids is 1. The maximum Gasteiger partial charge on any atom is 0.294 e. The van der Waals surface area contributed by atoms with Crippen molar-refractivity contribution in [2.24, 2.45) is 10.7 Å². The first-order valence-electron chi connectivity index (χ1n) is 8.76. The molecule has 0 saturated heterocycles. The van der Waals surface area contributed by atoms with Gasteiger partial charge in [0.2, 0.25) is 17.6 Å². The Balaban J connectivity index is 1.69. The molecular formula is C20H18F2N6O2. The molecule has 0 aliphatic carbocycles. The summed E-state index contributed by atoms with van der Waals surface area (Å²) in [6, 6.07) is 13.5. The van der Waals surface area contributed by atoms with E-state index in [9.17, 15) is 13.6 Å². The molecule has 0 unspecified atom stereocenters. The second-order valence-electron chi connectivity index (χ2n) is 6.18. The lowest BCUT2D eigenvalue weighted by molar-refractivity contribution is 0.1000. The van der Waals surface area contributed by atoms with Crippen LogP contribution in [-0.2, 0) is 11.3 Å². The van der Waals surface area contributed by atoms with Gasteiger partial charge in [0.15, 0.2) is 5.76 Å². The Bertz CT molecular complexity index is 1080. The molecule has 3 rings (SSSR count). The number of amides is 1. The Morgan fingerprint density at radius 2 is 1.80 bits per heavy atom. The van der Waals surface area contributed by atoms with Crippen molar-refractivity contribution < 1.29 is 18.3 Å². The molecule has 0 saturated carbocycles. The van der Waals surface area contributed by atoms with Gasteiger partial charge in [-0.2, -0.15) is 4.80 Å². The van der Waals surface area contributed by atoms with Crippen LogP contribution in [0.15, 0.2) is 65.9 Å². The molecule has 1 heterocycles. The van der Waals surface area contributed by atoms with E-state index >= 15 is 0 Å². The fourth-order valence-electron chi connectivity index (χ4n) is 2.53. The first-order chi connectivity index (χ1) is 14.4. The van der Waals surface area contributed by atoms with Gasteiger partial charge in [0.05, 0.1) is 6.54 Å². The summed E-state index contributed by atoms with van der Waals surface area (Å²) in [7, 11) is 1.44. The van der Waals surface area contributed by atoms with Crippen LogP contribution in [0.5, 0.6) is 0 Å². The number of nitrogens with two attached hydrogens (primary N) is 1. The molecular weight excluding hydrogens is 394 g/mol. The molecule has 1 amide bonds. The van der Waals surface area contributed by atoms with Gasteiger partial charge in [-0.05, 0) is 35.0 Å². The van der Waals surface area contributed by atoms with Crippen molar-refractivity contribution in [1.29, 1.82) is 0 Å². The molecule has 0 aliphatic heterocycles. The third kappa shape index (κ3) is 4.90. The van der Waals surface area contributed by atoms with E-state index < -0.39 is 18.1 Å². The third-order valence-electron chi connectivity index (χ3n) is 4.08. The smallest absolute Gasteiger partial charge is 0.294 e. The molecule has 2 N–H and O–H groups in total. The number of primary amides is 1. The summed E-state index contributed by atoms with van der Waals surface area (Å²) in [6.45, 7) is 3.52. The molecule has 8 nitrogen and oxygen atoms in total. The maximum absolute atomic E-state index is 12.6. The van der Waals surface area contributed by atoms with E-state index in [1.807, 2.05) is 0 Å². The molecule has 0 fully saturated rings. The Hall–Kier alpha value is -3.95. The van der Waals surface area contributed by atoms with Crippen molar-refractivity contribution in [3.63, 3.8) is 0 Å². The van der Waals surface area contributed by atoms with Gasteiger partial charge < -0.3 is 10.5 Å². The third-order valence-corrected chi connectivity index (χ3v) is 4.08. The molecule has 154 valence electrons. The second kappa shape index (κ2) is 9.03. The van der Waals surface area contributed by atoms with Crippen LogP contribution >= 0.6 is 0 Å². The Kier molecular flexibility index (Phi) is 6.26. The number of tetrazole rings is 1. The highest BCUT2D eigenvalue weighted by Crippen LogP contribution is 2.16. The van der Waals surface area contributed by atoms with Crippen LogP contribution in [0.25, 0.3) is 11.4 Å². The monoisotopic (exact) mass is 412 g/mol. The van der Waals surface area contributed by atoms with Gasteiger partial charge in [-0.1, -0.05) is 30.8 Å². The highest BCUT2D eigenvalue weighted by atomic mass is 19.3. The predicted octanol–water partition coefficient (Wildman–Crippen LogP) is 2.66. The van der Waals surface area contributed by atoms with E-state index in [0.29, 0.717) is 29.1 Å². The number of nitrogens with zero attached hydrogens (tertiary/aromatic N) is 5. The van der Waals surface area contributed by atoms with Crippen LogP contribution in [0.3, 0.4) is 0 Å². The Labute approximate surface area is 170 Å². The van der Waals surface area contributed by atoms with Crippen LogP contribution in [0, 0.1) is 0 Å². The number of carbonyl (C=O) groups is 1. The summed E-state index contributed by atoms with van der Waals surface area (Å²) < 4.78 is 30.2. The van der Waals surface area contributed by atoms with E-state index in [2.05, 4.69) is 27.0 Å². The first kappa shape index (κ1) is 20.8. The molecule has 3 aromatic rings. The van der Waals surface area contributed by atoms with Crippen molar-refractivity contribution in [3.8, 4) is 11.4 Å². The van der Waals surface area contributed by atoms with Crippen molar-refractivity contribution in [2.75, 3.05) is 7.05 Å². The summed E-state index contributed by atoms with van der Waals surface area (Å²) in [5.74, 6) is -0.723. The largest absolute Gasteiger partial charge is 0.438 e. The van der Waals surface area contributed by atoms with E-state index in [1.54, 1.807) is 48.5 Å². The normalized spacial score (nSPS) is 11.5. The van der Waals surface area contributed by atoms with Gasteiger partial charge in [-0.15, -0.1) is 10.2 Å². The van der Waals surface area contributed by atoms with Crippen molar-refractivity contribution in [3.05, 3.63) is 77.6 Å². The zero-order valence-electron chi connectivity index (χ0n) is 16.0. The van der Waals surface area contributed by atoms with Crippen molar-refractivity contribution in [1.82, 2.24) is 20.2 Å². The quantitative estimate of drug-likeness (QED) is 0.365. The summed E-state index contributed by atoms with van der Waals surface area (Å²) in [5.41, 5.74) is 7.70. The zero-order chi connectivity index (χ0) is 21.7. The maximum atomic E-state index is 12.6. The fraction of sp³-hybridized carbons (Fsp3) is 0.150. The minimum Gasteiger partial charge on any atom is -0.438 e. The predicted molar refractivity (Wildman–Crippen MR) is 106 cm³/mol. The van der Waals surface area contributed by atoms with Gasteiger partial charge in [-0.3, -0.25) is 9.79 Å². The van der Waals surface area contributed by atoms with Crippen molar-refractivity contribution in [2.45, 2.75) is 13.0 Å². The topological polar surface area (TPSA) is 108 Å². The number of halogens is 2. The molecule has 30 heavy (non-hydrogen) atoms. The van der Waals surface area contributed by atoms with E-state index in [-0.39, 0.29) is 5.90 Å². The number of rotatable bonds is 7. The average molecular weight is 412 g/mol. The number of aromatic nitrogens is 4. The summed E-state index contributed by atoms with van der Waals surface area (Å²) in [4.78, 5) is 16.4. The van der Waals surface area contributed by atoms with Gasteiger partial charge in [0.1, 0.15) is 0 Å². The number of hydrogen-bond donors (Lipinski definition) is 1. The van der Waals surface area contributed by atoms with Crippen molar-refractivity contribution >= 4 is 11.8 Å². The van der Waals surface area contributed by atoms with Gasteiger partial charge in [0, 0.05) is 23.7 Å². The molecule has 2 aromatic carbocycles. The van der Waals surface area contributed by atoms with Gasteiger partial charge in [0.25, 0.3) is 6.43 Å². The second-order valence-corrected chi connectivity index (χ2v) is 6.18. The van der Waals surface area contributed by atoms with Gasteiger partial charge in [-0.25, -0.2) is 8.78 Å². The number of allylic oxidation sites excluding steroid dienone is 1. The number of alkyl halides is 2. The summed E-state index contributed by atoms with van der Waals surface area (Å²) in [6.07, 6.45) is -2.79. The number of benzene rings is 2. The van der Waals surface area contributed by atoms with E-state index in [1.165, 1.54) is 11.8 Å². The highest BCUT2D eigenvalue weighted by molar-refractivity contribution is 5.94. The lowest BCUT2D eigenvalue weighted by Gasteiger charge is -2.10. The standard InChI is InChI=1S/C20H18F2N6O2/c1-12(17(21)22)30-20(24-2)16-5-3-13(4-6-16)11-28-26-19(25-27-28)15-9-7-14(8-10-15)18(23)29/h3-10,17H,1,11H2,2H3,(H2,23,29). The number of hydrogen-bond acceptors (Lipinski definition) is 6. The zero-order valence-corrected chi connectivity index (χ0v) is 16.0. The fourth-order valence-corrected chi connectivity index (χ4v) is 2.53. The first-order valence-corrected chi connectivity index (χ1v) is 8.76. The SMILES string of the molecule is C=C(OC(=NC)c1ccc(Cn2nnc(-c3ccc(C(N)=O)cc3)n2)cc1)C(F)F. The molecule has 0 spiro atoms. The summed E-state index contributed by atoms with van der Waals surface area (Å²) >= 11 is 0. The minimum absolute atomic E-state index is 0.0485. The van der Waals surface area contributed by atoms with Crippen LogP contribution < -0.4 is 5.73 Å². The molecule has 0 atom stereocenters. The minimum atomic E-state index is -2.79. The molecule has 0 radical (unpaired) electrons. The Morgan fingerprint density at radius 3 is 2.37 bits per heavy atom. The van der Waals surface area contributed by atoms with E-state index in [0.717, 1.165) is 5.56 Å². The highest BCUT2D eigenvalue weighted by Gasteiger charge is 2.14. The number of aliphatic imine (C=N–C) groups is 1. The Morgan fingerprint density at radius 1 is 1.17 bits per heavy atom. The van der Waals surface area contributed by atoms with Crippen LogP contribution in [-0.4, -0.2) is 45.5 Å². The van der Waals surface area contributed by atoms with E-state index in [4.69, 9.17) is 10.5 Å². The summed E-state index contributed by atoms with van der Waals surface area (Å²) in [5, 5.41) is 12.3. The van der Waals surface area contributed by atoms with Crippen LogP contribution in [0.2, 0.25) is 0 Å². The van der Waals surface area contributed by atoms with Crippen LogP contribution in [0.1, 0.15) is 21.5 Å². The molecule has 0 bridgehead atoms. The molecule has 0 aliphatic rings. The molecule has 1 aromatic heterocycles. The lowest BCUT2D eigenvalue weighted by atomic mass is 10.1. The average Bonchev–Trinajstić information content (AvgIpc) is 3.21. The molecule has 10 heteroatoms. The van der Waals surface area contributed by atoms with Gasteiger partial charge >= 0.3 is 0 Å². The lowest BCUT2D eigenvalue weighted by Crippen LogP contribution is -2.11. The van der Waals surface area contributed by atoms with Crippen LogP contribution in [0.4, 0.5) is 8.78 Å².